The van der Waals surface area contributed by atoms with Crippen molar-refractivity contribution >= 4 is 66.7 Å². The summed E-state index contributed by atoms with van der Waals surface area (Å²) in [7, 11) is 0. The van der Waals surface area contributed by atoms with Crippen molar-refractivity contribution in [3.63, 3.8) is 0 Å². The summed E-state index contributed by atoms with van der Waals surface area (Å²) in [5, 5.41) is 15.0. The third kappa shape index (κ3) is 3.36. The minimum absolute atomic E-state index is 0.118. The summed E-state index contributed by atoms with van der Waals surface area (Å²) in [5.74, 6) is 0.608. The van der Waals surface area contributed by atoms with E-state index in [1.807, 2.05) is 48.0 Å². The topological polar surface area (TPSA) is 89.4 Å². The Kier molecular flexibility index (Phi) is 5.01. The van der Waals surface area contributed by atoms with Crippen LogP contribution in [0, 0.1) is 0 Å². The molecular formula is C23H18N6OS3. The normalized spacial score (nSPS) is 12.8. The Morgan fingerprint density at radius 2 is 2.00 bits per heavy atom. The number of H-pyrrole nitrogens is 1. The first-order valence-corrected chi connectivity index (χ1v) is 13.1. The summed E-state index contributed by atoms with van der Waals surface area (Å²) >= 11 is 4.55. The molecule has 7 nitrogen and oxygen atoms in total. The monoisotopic (exact) mass is 490 g/mol. The number of fused-ring (bicyclic) bond motifs is 4. The fourth-order valence-corrected chi connectivity index (χ4v) is 6.58. The van der Waals surface area contributed by atoms with E-state index < -0.39 is 0 Å². The number of hydrogen-bond donors (Lipinski definition) is 1. The van der Waals surface area contributed by atoms with E-state index in [4.69, 9.17) is 9.97 Å². The average Bonchev–Trinajstić information content (AvgIpc) is 3.56. The predicted molar refractivity (Wildman–Crippen MR) is 136 cm³/mol. The second kappa shape index (κ2) is 8.05. The Balaban J connectivity index is 1.37. The number of thiophene rings is 2. The van der Waals surface area contributed by atoms with Crippen molar-refractivity contribution < 1.29 is 0 Å². The van der Waals surface area contributed by atoms with Crippen LogP contribution in [-0.4, -0.2) is 29.7 Å². The van der Waals surface area contributed by atoms with Crippen LogP contribution in [0.1, 0.15) is 24.9 Å². The van der Waals surface area contributed by atoms with Gasteiger partial charge in [-0.1, -0.05) is 36.0 Å². The maximum absolute atomic E-state index is 13.0. The fraction of sp³-hybridized carbons (Fsp3) is 0.174. The molecule has 6 rings (SSSR count). The van der Waals surface area contributed by atoms with Crippen LogP contribution in [0.4, 0.5) is 0 Å². The quantitative estimate of drug-likeness (QED) is 0.304. The Hall–Kier alpha value is -3.08. The zero-order valence-electron chi connectivity index (χ0n) is 17.8. The van der Waals surface area contributed by atoms with Crippen LogP contribution >= 0.6 is 34.4 Å². The molecule has 5 aromatic heterocycles. The molecule has 0 aliphatic rings. The fourth-order valence-electron chi connectivity index (χ4n) is 4.04. The van der Waals surface area contributed by atoms with Gasteiger partial charge in [0.25, 0.3) is 5.56 Å². The molecule has 164 valence electrons. The minimum atomic E-state index is -0.145. The third-order valence-electron chi connectivity index (χ3n) is 5.59. The summed E-state index contributed by atoms with van der Waals surface area (Å²) in [5.41, 5.74) is 3.54. The van der Waals surface area contributed by atoms with E-state index in [0.717, 1.165) is 43.9 Å². The van der Waals surface area contributed by atoms with Crippen molar-refractivity contribution in [1.82, 2.24) is 29.7 Å². The highest BCUT2D eigenvalue weighted by Gasteiger charge is 2.19. The highest BCUT2D eigenvalue weighted by Crippen LogP contribution is 2.36. The van der Waals surface area contributed by atoms with Crippen molar-refractivity contribution in [2.45, 2.75) is 30.8 Å². The molecule has 0 bridgehead atoms. The molecule has 5 heterocycles. The minimum Gasteiger partial charge on any atom is -0.324 e. The molecule has 33 heavy (non-hydrogen) atoms. The molecule has 1 N–H and O–H groups in total. The number of aryl methyl sites for hydroxylation is 1. The van der Waals surface area contributed by atoms with Gasteiger partial charge >= 0.3 is 0 Å². The molecule has 0 saturated carbocycles. The maximum Gasteiger partial charge on any atom is 0.260 e. The van der Waals surface area contributed by atoms with Crippen molar-refractivity contribution in [2.75, 3.05) is 0 Å². The number of rotatable bonds is 5. The van der Waals surface area contributed by atoms with Crippen molar-refractivity contribution in [1.29, 1.82) is 0 Å². The van der Waals surface area contributed by atoms with Crippen molar-refractivity contribution in [2.24, 2.45) is 0 Å². The highest BCUT2D eigenvalue weighted by atomic mass is 32.2. The Bertz CT molecular complexity index is 1680. The standard InChI is InChI=1S/C23H18N6OS3/c1-3-29-15-8-5-4-7-13(15)18-20(29)26-23(28-27-18)33-12(2)19-24-21(30)17-14(11-32-22(17)25-19)16-9-6-10-31-16/h4-12H,3H2,1-2H3,(H,24,25,30). The van der Waals surface area contributed by atoms with Gasteiger partial charge in [-0.25, -0.2) is 9.97 Å². The Morgan fingerprint density at radius 3 is 2.82 bits per heavy atom. The van der Waals surface area contributed by atoms with Gasteiger partial charge in [0.1, 0.15) is 16.2 Å². The highest BCUT2D eigenvalue weighted by molar-refractivity contribution is 7.99. The average molecular weight is 491 g/mol. The van der Waals surface area contributed by atoms with Crippen LogP contribution in [0.5, 0.6) is 0 Å². The number of hydrogen-bond acceptors (Lipinski definition) is 8. The predicted octanol–water partition coefficient (Wildman–Crippen LogP) is 5.88. The molecular weight excluding hydrogens is 472 g/mol. The summed E-state index contributed by atoms with van der Waals surface area (Å²) in [4.78, 5) is 27.3. The van der Waals surface area contributed by atoms with Gasteiger partial charge in [-0.2, -0.15) is 0 Å². The van der Waals surface area contributed by atoms with Gasteiger partial charge in [-0.05, 0) is 31.4 Å². The van der Waals surface area contributed by atoms with Crippen LogP contribution in [0.25, 0.3) is 42.7 Å². The molecule has 0 amide bonds. The lowest BCUT2D eigenvalue weighted by Gasteiger charge is -2.09. The third-order valence-corrected chi connectivity index (χ3v) is 8.32. The number of para-hydroxylation sites is 1. The number of aromatic nitrogens is 6. The second-order valence-corrected chi connectivity index (χ2v) is 10.7. The summed E-state index contributed by atoms with van der Waals surface area (Å²) in [6.45, 7) is 4.88. The number of thioether (sulfide) groups is 1. The molecule has 0 saturated heterocycles. The number of benzene rings is 1. The summed E-state index contributed by atoms with van der Waals surface area (Å²) in [6.07, 6.45) is 0. The molecule has 0 radical (unpaired) electrons. The lowest BCUT2D eigenvalue weighted by Crippen LogP contribution is -2.12. The molecule has 0 aliphatic carbocycles. The molecule has 0 spiro atoms. The molecule has 0 aliphatic heterocycles. The van der Waals surface area contributed by atoms with Gasteiger partial charge in [-0.15, -0.1) is 32.9 Å². The Morgan fingerprint density at radius 1 is 1.12 bits per heavy atom. The maximum atomic E-state index is 13.0. The van der Waals surface area contributed by atoms with E-state index in [-0.39, 0.29) is 10.8 Å². The van der Waals surface area contributed by atoms with Crippen molar-refractivity contribution in [3.8, 4) is 10.4 Å². The number of nitrogens with zero attached hydrogens (tertiary/aromatic N) is 5. The zero-order chi connectivity index (χ0) is 22.5. The van der Waals surface area contributed by atoms with E-state index in [9.17, 15) is 4.79 Å². The van der Waals surface area contributed by atoms with Crippen LogP contribution in [-0.2, 0) is 6.54 Å². The number of nitrogens with one attached hydrogen (secondary N) is 1. The van der Waals surface area contributed by atoms with Gasteiger partial charge in [0.15, 0.2) is 5.65 Å². The molecule has 6 aromatic rings. The van der Waals surface area contributed by atoms with Gasteiger partial charge < -0.3 is 9.55 Å². The molecule has 0 fully saturated rings. The zero-order valence-corrected chi connectivity index (χ0v) is 20.2. The van der Waals surface area contributed by atoms with Crippen LogP contribution < -0.4 is 5.56 Å². The molecule has 1 unspecified atom stereocenters. The first-order chi connectivity index (χ1) is 16.1. The second-order valence-electron chi connectivity index (χ2n) is 7.55. The van der Waals surface area contributed by atoms with Gasteiger partial charge in [0.05, 0.1) is 16.2 Å². The molecule has 1 aromatic carbocycles. The number of aromatic amines is 1. The van der Waals surface area contributed by atoms with Gasteiger partial charge in [0, 0.05) is 27.8 Å². The summed E-state index contributed by atoms with van der Waals surface area (Å²) < 4.78 is 2.15. The van der Waals surface area contributed by atoms with E-state index in [1.165, 1.54) is 23.1 Å². The van der Waals surface area contributed by atoms with E-state index in [0.29, 0.717) is 16.4 Å². The molecule has 10 heteroatoms. The summed E-state index contributed by atoms with van der Waals surface area (Å²) in [6, 6.07) is 12.2. The van der Waals surface area contributed by atoms with E-state index in [2.05, 4.69) is 32.7 Å². The van der Waals surface area contributed by atoms with Crippen LogP contribution in [0.2, 0.25) is 0 Å². The van der Waals surface area contributed by atoms with E-state index >= 15 is 0 Å². The lowest BCUT2D eigenvalue weighted by molar-refractivity contribution is 0.787. The SMILES string of the molecule is CCn1c2ccccc2c2nnc(SC(C)c3nc4scc(-c5cccs5)c4c(=O)[nH]3)nc21. The smallest absolute Gasteiger partial charge is 0.260 e. The van der Waals surface area contributed by atoms with Crippen LogP contribution in [0.15, 0.2) is 57.1 Å². The lowest BCUT2D eigenvalue weighted by atomic mass is 10.2. The van der Waals surface area contributed by atoms with Gasteiger partial charge in [-0.3, -0.25) is 4.79 Å². The van der Waals surface area contributed by atoms with E-state index in [1.54, 1.807) is 11.3 Å². The molecule has 1 atom stereocenters. The first kappa shape index (κ1) is 20.5. The Labute approximate surface area is 200 Å². The van der Waals surface area contributed by atoms with Crippen molar-refractivity contribution in [3.05, 3.63) is 63.3 Å². The van der Waals surface area contributed by atoms with Crippen LogP contribution in [0.3, 0.4) is 0 Å². The largest absolute Gasteiger partial charge is 0.324 e. The van der Waals surface area contributed by atoms with Gasteiger partial charge in [0.2, 0.25) is 5.16 Å². The first-order valence-electron chi connectivity index (χ1n) is 10.5.